The number of rotatable bonds is 4. The van der Waals surface area contributed by atoms with Crippen LogP contribution in [-0.2, 0) is 6.61 Å². The third-order valence-corrected chi connectivity index (χ3v) is 4.34. The van der Waals surface area contributed by atoms with Crippen LogP contribution in [0.25, 0.3) is 10.9 Å². The smallest absolute Gasteiger partial charge is 0.0854 e. The van der Waals surface area contributed by atoms with Crippen molar-refractivity contribution in [2.24, 2.45) is 5.92 Å². The highest BCUT2D eigenvalue weighted by atomic mass is 16.3. The topological polar surface area (TPSA) is 39.6 Å². The summed E-state index contributed by atoms with van der Waals surface area (Å²) in [5.74, 6) is 0.713. The van der Waals surface area contributed by atoms with Gasteiger partial charge >= 0.3 is 0 Å². The van der Waals surface area contributed by atoms with Crippen molar-refractivity contribution in [2.45, 2.75) is 13.0 Å². The lowest BCUT2D eigenvalue weighted by atomic mass is 10.1. The van der Waals surface area contributed by atoms with Gasteiger partial charge in [-0.1, -0.05) is 18.2 Å². The summed E-state index contributed by atoms with van der Waals surface area (Å²) in [5, 5.41) is 10.6. The Morgan fingerprint density at radius 3 is 2.90 bits per heavy atom. The van der Waals surface area contributed by atoms with Crippen molar-refractivity contribution in [2.75, 3.05) is 38.6 Å². The number of aliphatic hydroxyl groups excluding tert-OH is 1. The van der Waals surface area contributed by atoms with Gasteiger partial charge in [-0.2, -0.15) is 0 Å². The van der Waals surface area contributed by atoms with Crippen molar-refractivity contribution in [1.29, 1.82) is 0 Å². The number of hydrogen-bond donors (Lipinski definition) is 1. The first-order valence-corrected chi connectivity index (χ1v) is 7.56. The van der Waals surface area contributed by atoms with Crippen molar-refractivity contribution in [3.05, 3.63) is 36.0 Å². The van der Waals surface area contributed by atoms with Gasteiger partial charge in [-0.3, -0.25) is 4.98 Å². The molecule has 0 radical (unpaired) electrons. The Kier molecular flexibility index (Phi) is 4.08. The SMILES string of the molecule is CN1CCC(CN(C)c2cc(CO)nc3ccccc23)C1. The van der Waals surface area contributed by atoms with Crippen LogP contribution in [0, 0.1) is 5.92 Å². The molecule has 0 saturated carbocycles. The summed E-state index contributed by atoms with van der Waals surface area (Å²) in [6, 6.07) is 10.2. The lowest BCUT2D eigenvalue weighted by Gasteiger charge is -2.25. The molecule has 1 unspecified atom stereocenters. The number of anilines is 1. The summed E-state index contributed by atoms with van der Waals surface area (Å²) in [5.41, 5.74) is 2.85. The third kappa shape index (κ3) is 3.01. The lowest BCUT2D eigenvalue weighted by molar-refractivity contribution is 0.277. The quantitative estimate of drug-likeness (QED) is 0.934. The van der Waals surface area contributed by atoms with E-state index in [9.17, 15) is 5.11 Å². The van der Waals surface area contributed by atoms with Crippen LogP contribution in [0.4, 0.5) is 5.69 Å². The highest BCUT2D eigenvalue weighted by Gasteiger charge is 2.21. The van der Waals surface area contributed by atoms with Gasteiger partial charge in [0.1, 0.15) is 0 Å². The zero-order chi connectivity index (χ0) is 14.8. The Morgan fingerprint density at radius 2 is 2.19 bits per heavy atom. The van der Waals surface area contributed by atoms with Crippen LogP contribution in [0.2, 0.25) is 0 Å². The molecule has 0 amide bonds. The van der Waals surface area contributed by atoms with Crippen molar-refractivity contribution < 1.29 is 5.11 Å². The van der Waals surface area contributed by atoms with E-state index in [2.05, 4.69) is 34.9 Å². The summed E-state index contributed by atoms with van der Waals surface area (Å²) >= 11 is 0. The van der Waals surface area contributed by atoms with E-state index in [4.69, 9.17) is 0 Å². The number of aromatic nitrogens is 1. The molecular weight excluding hydrogens is 262 g/mol. The largest absolute Gasteiger partial charge is 0.390 e. The number of hydrogen-bond acceptors (Lipinski definition) is 4. The average molecular weight is 285 g/mol. The van der Waals surface area contributed by atoms with E-state index in [1.165, 1.54) is 25.2 Å². The van der Waals surface area contributed by atoms with Crippen LogP contribution in [0.1, 0.15) is 12.1 Å². The number of benzene rings is 1. The Labute approximate surface area is 126 Å². The van der Waals surface area contributed by atoms with Crippen LogP contribution in [0.3, 0.4) is 0 Å². The van der Waals surface area contributed by atoms with Gasteiger partial charge in [0.2, 0.25) is 0 Å². The molecule has 1 aliphatic rings. The number of likely N-dealkylation sites (tertiary alicyclic amines) is 1. The number of fused-ring (bicyclic) bond motifs is 1. The molecule has 3 rings (SSSR count). The first-order valence-electron chi connectivity index (χ1n) is 7.56. The monoisotopic (exact) mass is 285 g/mol. The van der Waals surface area contributed by atoms with Crippen molar-refractivity contribution in [3.8, 4) is 0 Å². The molecule has 0 bridgehead atoms. The molecule has 1 aromatic carbocycles. The Bertz CT molecular complexity index is 628. The summed E-state index contributed by atoms with van der Waals surface area (Å²) in [6.45, 7) is 3.39. The first kappa shape index (κ1) is 14.3. The number of para-hydroxylation sites is 1. The number of pyridine rings is 1. The van der Waals surface area contributed by atoms with Crippen molar-refractivity contribution >= 4 is 16.6 Å². The third-order valence-electron chi connectivity index (χ3n) is 4.34. The average Bonchev–Trinajstić information content (AvgIpc) is 2.91. The van der Waals surface area contributed by atoms with E-state index in [0.29, 0.717) is 5.92 Å². The second-order valence-corrected chi connectivity index (χ2v) is 6.11. The Balaban J connectivity index is 1.90. The van der Waals surface area contributed by atoms with Gasteiger partial charge in [0.25, 0.3) is 0 Å². The lowest BCUT2D eigenvalue weighted by Crippen LogP contribution is -2.27. The Morgan fingerprint density at radius 1 is 1.38 bits per heavy atom. The molecule has 1 atom stereocenters. The van der Waals surface area contributed by atoms with E-state index < -0.39 is 0 Å². The van der Waals surface area contributed by atoms with Crippen molar-refractivity contribution in [1.82, 2.24) is 9.88 Å². The predicted octanol–water partition coefficient (Wildman–Crippen LogP) is 2.11. The molecule has 1 fully saturated rings. The van der Waals surface area contributed by atoms with Gasteiger partial charge in [0.05, 0.1) is 17.8 Å². The van der Waals surface area contributed by atoms with Crippen LogP contribution in [0.15, 0.2) is 30.3 Å². The van der Waals surface area contributed by atoms with Gasteiger partial charge in [0, 0.05) is 31.2 Å². The van der Waals surface area contributed by atoms with Gasteiger partial charge < -0.3 is 14.9 Å². The van der Waals surface area contributed by atoms with Crippen LogP contribution in [-0.4, -0.2) is 48.7 Å². The van der Waals surface area contributed by atoms with Crippen LogP contribution >= 0.6 is 0 Å². The molecule has 1 aliphatic heterocycles. The van der Waals surface area contributed by atoms with Gasteiger partial charge in [-0.25, -0.2) is 0 Å². The maximum atomic E-state index is 9.43. The van der Waals surface area contributed by atoms with Gasteiger partial charge in [-0.15, -0.1) is 0 Å². The Hall–Kier alpha value is -1.65. The molecule has 4 heteroatoms. The standard InChI is InChI=1S/C17H23N3O/c1-19-8-7-13(10-19)11-20(2)17-9-14(12-21)18-16-6-4-3-5-15(16)17/h3-6,9,13,21H,7-8,10-12H2,1-2H3. The first-order chi connectivity index (χ1) is 10.2. The van der Waals surface area contributed by atoms with E-state index in [1.54, 1.807) is 0 Å². The minimum Gasteiger partial charge on any atom is -0.390 e. The summed E-state index contributed by atoms with van der Waals surface area (Å²) < 4.78 is 0. The minimum absolute atomic E-state index is 0.0160. The minimum atomic E-state index is -0.0160. The maximum Gasteiger partial charge on any atom is 0.0854 e. The zero-order valence-electron chi connectivity index (χ0n) is 12.8. The predicted molar refractivity (Wildman–Crippen MR) is 86.5 cm³/mol. The second kappa shape index (κ2) is 6.00. The molecular formula is C17H23N3O. The van der Waals surface area contributed by atoms with E-state index >= 15 is 0 Å². The molecule has 4 nitrogen and oxygen atoms in total. The molecule has 112 valence electrons. The van der Waals surface area contributed by atoms with Crippen LogP contribution in [0.5, 0.6) is 0 Å². The van der Waals surface area contributed by atoms with Gasteiger partial charge in [-0.05, 0) is 38.1 Å². The molecule has 1 aromatic heterocycles. The van der Waals surface area contributed by atoms with Gasteiger partial charge in [0.15, 0.2) is 0 Å². The highest BCUT2D eigenvalue weighted by molar-refractivity contribution is 5.91. The molecule has 1 N–H and O–H groups in total. The summed E-state index contributed by atoms with van der Waals surface area (Å²) in [4.78, 5) is 9.20. The maximum absolute atomic E-state index is 9.43. The second-order valence-electron chi connectivity index (χ2n) is 6.11. The molecule has 2 aromatic rings. The van der Waals surface area contributed by atoms with Crippen LogP contribution < -0.4 is 4.90 Å². The fraction of sp³-hybridized carbons (Fsp3) is 0.471. The van der Waals surface area contributed by atoms with E-state index in [1.807, 2.05) is 24.3 Å². The number of nitrogens with zero attached hydrogens (tertiary/aromatic N) is 3. The molecule has 0 aliphatic carbocycles. The highest BCUT2D eigenvalue weighted by Crippen LogP contribution is 2.27. The van der Waals surface area contributed by atoms with Crippen molar-refractivity contribution in [3.63, 3.8) is 0 Å². The summed E-state index contributed by atoms with van der Waals surface area (Å²) in [7, 11) is 4.33. The zero-order valence-corrected chi connectivity index (χ0v) is 12.8. The van der Waals surface area contributed by atoms with E-state index in [-0.39, 0.29) is 6.61 Å². The number of aliphatic hydroxyl groups is 1. The molecule has 1 saturated heterocycles. The summed E-state index contributed by atoms with van der Waals surface area (Å²) in [6.07, 6.45) is 1.26. The normalized spacial score (nSPS) is 19.3. The van der Waals surface area contributed by atoms with E-state index in [0.717, 1.165) is 23.1 Å². The molecule has 21 heavy (non-hydrogen) atoms. The fourth-order valence-corrected chi connectivity index (χ4v) is 3.27. The molecule has 2 heterocycles. The molecule has 0 spiro atoms. The fourth-order valence-electron chi connectivity index (χ4n) is 3.27.